The molecule has 1 aromatic carbocycles. The molecule has 1 atom stereocenters. The first-order chi connectivity index (χ1) is 7.65. The first-order valence-corrected chi connectivity index (χ1v) is 6.55. The molecule has 1 saturated carbocycles. The van der Waals surface area contributed by atoms with E-state index in [1.54, 1.807) is 0 Å². The minimum absolute atomic E-state index is 0. The summed E-state index contributed by atoms with van der Waals surface area (Å²) in [6, 6.07) is 8.24. The van der Waals surface area contributed by atoms with Crippen LogP contribution in [-0.4, -0.2) is 18.0 Å². The Labute approximate surface area is 121 Å². The smallest absolute Gasteiger partial charge is 0.241 e. The van der Waals surface area contributed by atoms with Gasteiger partial charge in [-0.25, -0.2) is 0 Å². The van der Waals surface area contributed by atoms with Gasteiger partial charge in [0, 0.05) is 15.3 Å². The summed E-state index contributed by atoms with van der Waals surface area (Å²) < 4.78 is 1.17. The minimum atomic E-state index is -0.119. The summed E-state index contributed by atoms with van der Waals surface area (Å²) in [5.41, 5.74) is 0.856. The molecule has 5 heteroatoms. The fourth-order valence-electron chi connectivity index (χ4n) is 1.46. The maximum Gasteiger partial charge on any atom is 0.241 e. The first kappa shape index (κ1) is 14.7. The van der Waals surface area contributed by atoms with Crippen molar-refractivity contribution >= 4 is 46.6 Å². The summed E-state index contributed by atoms with van der Waals surface area (Å²) in [4.78, 5) is 11.8. The Morgan fingerprint density at radius 2 is 1.94 bits per heavy atom. The van der Waals surface area contributed by atoms with E-state index in [-0.39, 0.29) is 24.4 Å². The van der Waals surface area contributed by atoms with Crippen molar-refractivity contribution in [3.05, 3.63) is 27.8 Å². The van der Waals surface area contributed by atoms with Crippen molar-refractivity contribution in [3.8, 4) is 0 Å². The Bertz CT molecular complexity index is 379. The van der Waals surface area contributed by atoms with Crippen LogP contribution in [0, 0.1) is 3.57 Å². The number of anilines is 1. The molecule has 0 spiro atoms. The number of halogens is 2. The van der Waals surface area contributed by atoms with Crippen LogP contribution in [0.3, 0.4) is 0 Å². The van der Waals surface area contributed by atoms with Crippen LogP contribution in [0.25, 0.3) is 0 Å². The number of hydrogen-bond donors (Lipinski definition) is 2. The van der Waals surface area contributed by atoms with Gasteiger partial charge in [-0.15, -0.1) is 12.4 Å². The molecule has 0 aliphatic heterocycles. The van der Waals surface area contributed by atoms with E-state index in [9.17, 15) is 4.79 Å². The third-order valence-electron chi connectivity index (χ3n) is 2.57. The van der Waals surface area contributed by atoms with Gasteiger partial charge in [-0.3, -0.25) is 4.79 Å². The second kappa shape index (κ2) is 6.56. The number of carbonyl (C=O) groups is 1. The molecular weight excluding hydrogens is 351 g/mol. The number of amides is 1. The van der Waals surface area contributed by atoms with E-state index < -0.39 is 0 Å². The zero-order valence-corrected chi connectivity index (χ0v) is 12.5. The second-order valence-corrected chi connectivity index (χ2v) is 5.40. The van der Waals surface area contributed by atoms with E-state index in [1.807, 2.05) is 31.2 Å². The molecular formula is C12H16ClIN2O. The van der Waals surface area contributed by atoms with Crippen LogP contribution in [0.1, 0.15) is 19.8 Å². The van der Waals surface area contributed by atoms with Crippen LogP contribution in [0.5, 0.6) is 0 Å². The zero-order chi connectivity index (χ0) is 11.5. The van der Waals surface area contributed by atoms with E-state index in [0.29, 0.717) is 6.04 Å². The van der Waals surface area contributed by atoms with E-state index in [2.05, 4.69) is 33.2 Å². The molecule has 0 saturated heterocycles. The molecule has 1 fully saturated rings. The SMILES string of the molecule is CC(NC1CC1)C(=O)Nc1ccc(I)cc1.Cl. The van der Waals surface area contributed by atoms with Gasteiger partial charge in [0.05, 0.1) is 6.04 Å². The van der Waals surface area contributed by atoms with Crippen molar-refractivity contribution in [1.82, 2.24) is 5.32 Å². The normalized spacial score (nSPS) is 15.9. The monoisotopic (exact) mass is 366 g/mol. The lowest BCUT2D eigenvalue weighted by atomic mass is 10.2. The number of hydrogen-bond acceptors (Lipinski definition) is 2. The Morgan fingerprint density at radius 1 is 1.35 bits per heavy atom. The van der Waals surface area contributed by atoms with Crippen LogP contribution >= 0.6 is 35.0 Å². The highest BCUT2D eigenvalue weighted by atomic mass is 127. The average Bonchev–Trinajstić information content (AvgIpc) is 3.05. The molecule has 1 aliphatic carbocycles. The summed E-state index contributed by atoms with van der Waals surface area (Å²) in [7, 11) is 0. The van der Waals surface area contributed by atoms with Gasteiger partial charge in [-0.2, -0.15) is 0 Å². The Hall–Kier alpha value is -0.330. The maximum absolute atomic E-state index is 11.8. The fraction of sp³-hybridized carbons (Fsp3) is 0.417. The molecule has 17 heavy (non-hydrogen) atoms. The lowest BCUT2D eigenvalue weighted by molar-refractivity contribution is -0.117. The molecule has 0 radical (unpaired) electrons. The van der Waals surface area contributed by atoms with Crippen molar-refractivity contribution in [2.45, 2.75) is 31.8 Å². The first-order valence-electron chi connectivity index (χ1n) is 5.47. The predicted molar refractivity (Wildman–Crippen MR) is 80.7 cm³/mol. The summed E-state index contributed by atoms with van der Waals surface area (Å²) in [6.07, 6.45) is 2.39. The van der Waals surface area contributed by atoms with E-state index in [4.69, 9.17) is 0 Å². The third-order valence-corrected chi connectivity index (χ3v) is 3.29. The maximum atomic E-state index is 11.8. The molecule has 0 bridgehead atoms. The molecule has 0 heterocycles. The van der Waals surface area contributed by atoms with Gasteiger partial charge in [-0.1, -0.05) is 0 Å². The number of nitrogens with one attached hydrogen (secondary N) is 2. The Morgan fingerprint density at radius 3 is 2.47 bits per heavy atom. The van der Waals surface area contributed by atoms with Gasteiger partial charge >= 0.3 is 0 Å². The number of carbonyl (C=O) groups excluding carboxylic acids is 1. The highest BCUT2D eigenvalue weighted by Crippen LogP contribution is 2.19. The van der Waals surface area contributed by atoms with Gasteiger partial charge in [0.2, 0.25) is 5.91 Å². The average molecular weight is 367 g/mol. The minimum Gasteiger partial charge on any atom is -0.325 e. The molecule has 1 amide bonds. The highest BCUT2D eigenvalue weighted by Gasteiger charge is 2.25. The van der Waals surface area contributed by atoms with Crippen LogP contribution in [-0.2, 0) is 4.79 Å². The third kappa shape index (κ3) is 4.81. The topological polar surface area (TPSA) is 41.1 Å². The largest absolute Gasteiger partial charge is 0.325 e. The molecule has 94 valence electrons. The van der Waals surface area contributed by atoms with Crippen LogP contribution in [0.2, 0.25) is 0 Å². The molecule has 1 aromatic rings. The lowest BCUT2D eigenvalue weighted by Crippen LogP contribution is -2.39. The van der Waals surface area contributed by atoms with E-state index in [0.717, 1.165) is 5.69 Å². The van der Waals surface area contributed by atoms with E-state index >= 15 is 0 Å². The fourth-order valence-corrected chi connectivity index (χ4v) is 1.82. The van der Waals surface area contributed by atoms with Crippen molar-refractivity contribution in [1.29, 1.82) is 0 Å². The van der Waals surface area contributed by atoms with Crippen LogP contribution < -0.4 is 10.6 Å². The van der Waals surface area contributed by atoms with Crippen molar-refractivity contribution in [2.75, 3.05) is 5.32 Å². The highest BCUT2D eigenvalue weighted by molar-refractivity contribution is 14.1. The lowest BCUT2D eigenvalue weighted by Gasteiger charge is -2.13. The Balaban J connectivity index is 0.00000144. The molecule has 1 aliphatic rings. The molecule has 2 N–H and O–H groups in total. The second-order valence-electron chi connectivity index (χ2n) is 4.16. The van der Waals surface area contributed by atoms with Crippen molar-refractivity contribution in [2.24, 2.45) is 0 Å². The van der Waals surface area contributed by atoms with Gasteiger partial charge < -0.3 is 10.6 Å². The molecule has 1 unspecified atom stereocenters. The molecule has 3 nitrogen and oxygen atoms in total. The van der Waals surface area contributed by atoms with Crippen molar-refractivity contribution in [3.63, 3.8) is 0 Å². The van der Waals surface area contributed by atoms with Gasteiger partial charge in [0.25, 0.3) is 0 Å². The van der Waals surface area contributed by atoms with Crippen molar-refractivity contribution < 1.29 is 4.79 Å². The van der Waals surface area contributed by atoms with E-state index in [1.165, 1.54) is 16.4 Å². The van der Waals surface area contributed by atoms with Gasteiger partial charge in [0.15, 0.2) is 0 Å². The van der Waals surface area contributed by atoms with Gasteiger partial charge in [-0.05, 0) is 66.6 Å². The molecule has 0 aromatic heterocycles. The summed E-state index contributed by atoms with van der Waals surface area (Å²) in [5, 5.41) is 6.17. The quantitative estimate of drug-likeness (QED) is 0.805. The zero-order valence-electron chi connectivity index (χ0n) is 9.57. The number of benzene rings is 1. The molecule has 2 rings (SSSR count). The summed E-state index contributed by atoms with van der Waals surface area (Å²) in [5.74, 6) is 0.0353. The predicted octanol–water partition coefficient (Wildman–Crippen LogP) is 2.79. The summed E-state index contributed by atoms with van der Waals surface area (Å²) in [6.45, 7) is 1.90. The number of rotatable bonds is 4. The van der Waals surface area contributed by atoms with Crippen LogP contribution in [0.4, 0.5) is 5.69 Å². The Kier molecular flexibility index (Phi) is 5.69. The summed E-state index contributed by atoms with van der Waals surface area (Å²) >= 11 is 2.24. The van der Waals surface area contributed by atoms with Gasteiger partial charge in [0.1, 0.15) is 0 Å². The van der Waals surface area contributed by atoms with Crippen LogP contribution in [0.15, 0.2) is 24.3 Å². The standard InChI is InChI=1S/C12H15IN2O.ClH/c1-8(14-10-6-7-10)12(16)15-11-4-2-9(13)3-5-11;/h2-5,8,10,14H,6-7H2,1H3,(H,15,16);1H.